The van der Waals surface area contributed by atoms with Crippen molar-refractivity contribution in [1.29, 1.82) is 0 Å². The van der Waals surface area contributed by atoms with Crippen LogP contribution in [0.5, 0.6) is 0 Å². The first-order chi connectivity index (χ1) is 9.51. The fraction of sp³-hybridized carbons (Fsp3) is 0.667. The Morgan fingerprint density at radius 3 is 2.00 bits per heavy atom. The molecular weight excluding hydrogens is 244 g/mol. The molecule has 1 aromatic rings. The average Bonchev–Trinajstić information content (AvgIpc) is 2.46. The van der Waals surface area contributed by atoms with Crippen molar-refractivity contribution in [3.8, 4) is 0 Å². The number of benzene rings is 1. The van der Waals surface area contributed by atoms with E-state index < -0.39 is 0 Å². The van der Waals surface area contributed by atoms with Crippen LogP contribution in [-0.2, 0) is 0 Å². The second kappa shape index (κ2) is 8.43. The van der Waals surface area contributed by atoms with E-state index in [2.05, 4.69) is 63.8 Å². The third kappa shape index (κ3) is 4.60. The minimum absolute atomic E-state index is 0.0792. The second-order valence-corrected chi connectivity index (χ2v) is 6.24. The lowest BCUT2D eigenvalue weighted by Gasteiger charge is -2.39. The predicted octanol–water partition coefficient (Wildman–Crippen LogP) is 4.22. The van der Waals surface area contributed by atoms with Gasteiger partial charge in [-0.1, -0.05) is 58.0 Å². The van der Waals surface area contributed by atoms with Gasteiger partial charge >= 0.3 is 0 Å². The number of rotatable bonds is 8. The van der Waals surface area contributed by atoms with Gasteiger partial charge < -0.3 is 5.73 Å². The van der Waals surface area contributed by atoms with E-state index in [1.165, 1.54) is 18.4 Å². The molecule has 114 valence electrons. The van der Waals surface area contributed by atoms with Gasteiger partial charge in [-0.15, -0.1) is 0 Å². The molecule has 0 fully saturated rings. The highest BCUT2D eigenvalue weighted by Gasteiger charge is 2.26. The first-order valence-corrected chi connectivity index (χ1v) is 8.07. The molecule has 0 amide bonds. The van der Waals surface area contributed by atoms with E-state index in [9.17, 15) is 0 Å². The Hall–Kier alpha value is -0.860. The molecule has 2 atom stereocenters. The van der Waals surface area contributed by atoms with Crippen LogP contribution in [0.15, 0.2) is 30.3 Å². The Kier molecular flexibility index (Phi) is 7.25. The number of hydrogen-bond donors (Lipinski definition) is 1. The van der Waals surface area contributed by atoms with E-state index in [1.807, 2.05) is 6.07 Å². The van der Waals surface area contributed by atoms with Crippen molar-refractivity contribution in [3.63, 3.8) is 0 Å². The Bertz CT molecular complexity index is 357. The van der Waals surface area contributed by atoms with Crippen LogP contribution in [0.2, 0.25) is 0 Å². The lowest BCUT2D eigenvalue weighted by Crippen LogP contribution is -2.48. The molecule has 1 aromatic carbocycles. The molecule has 0 aliphatic rings. The van der Waals surface area contributed by atoms with Crippen molar-refractivity contribution >= 4 is 0 Å². The van der Waals surface area contributed by atoms with Crippen LogP contribution in [0.1, 0.15) is 59.1 Å². The summed E-state index contributed by atoms with van der Waals surface area (Å²) in [6.07, 6.45) is 2.38. The van der Waals surface area contributed by atoms with Crippen molar-refractivity contribution in [1.82, 2.24) is 4.90 Å². The van der Waals surface area contributed by atoms with Crippen LogP contribution < -0.4 is 5.73 Å². The summed E-state index contributed by atoms with van der Waals surface area (Å²) in [7, 11) is 0. The molecule has 2 heteroatoms. The molecule has 0 aliphatic heterocycles. The van der Waals surface area contributed by atoms with Gasteiger partial charge in [0.2, 0.25) is 0 Å². The van der Waals surface area contributed by atoms with Crippen molar-refractivity contribution in [2.24, 2.45) is 11.7 Å². The van der Waals surface area contributed by atoms with Gasteiger partial charge in [0.05, 0.1) is 0 Å². The summed E-state index contributed by atoms with van der Waals surface area (Å²) >= 11 is 0. The van der Waals surface area contributed by atoms with E-state index in [-0.39, 0.29) is 6.04 Å². The molecule has 2 N–H and O–H groups in total. The molecule has 0 bridgehead atoms. The molecule has 0 heterocycles. The molecule has 0 spiro atoms. The predicted molar refractivity (Wildman–Crippen MR) is 88.7 cm³/mol. The number of hydrogen-bond acceptors (Lipinski definition) is 2. The third-order valence-corrected chi connectivity index (χ3v) is 4.21. The lowest BCUT2D eigenvalue weighted by molar-refractivity contribution is 0.102. The zero-order valence-electron chi connectivity index (χ0n) is 13.8. The summed E-state index contributed by atoms with van der Waals surface area (Å²) in [5.74, 6) is 0.668. The summed E-state index contributed by atoms with van der Waals surface area (Å²) in [6, 6.07) is 11.6. The molecule has 0 radical (unpaired) electrons. The minimum atomic E-state index is 0.0792. The van der Waals surface area contributed by atoms with Gasteiger partial charge in [0.25, 0.3) is 0 Å². The standard InChI is InChI=1S/C18H32N2/c1-6-17(7-2)20(13-14(3)4)15(5)18(19)16-11-9-8-10-12-16/h8-12,14-15,17-18H,6-7,13,19H2,1-5H3. The fourth-order valence-corrected chi connectivity index (χ4v) is 2.99. The summed E-state index contributed by atoms with van der Waals surface area (Å²) < 4.78 is 0. The van der Waals surface area contributed by atoms with Gasteiger partial charge in [-0.25, -0.2) is 0 Å². The maximum absolute atomic E-state index is 6.52. The molecule has 0 saturated heterocycles. The Morgan fingerprint density at radius 1 is 1.00 bits per heavy atom. The molecule has 0 aromatic heterocycles. The highest BCUT2D eigenvalue weighted by Crippen LogP contribution is 2.23. The Balaban J connectivity index is 2.88. The van der Waals surface area contributed by atoms with E-state index in [4.69, 9.17) is 5.73 Å². The highest BCUT2D eigenvalue weighted by molar-refractivity contribution is 5.20. The molecule has 1 rings (SSSR count). The van der Waals surface area contributed by atoms with Gasteiger partial charge in [-0.3, -0.25) is 4.90 Å². The van der Waals surface area contributed by atoms with Crippen LogP contribution >= 0.6 is 0 Å². The van der Waals surface area contributed by atoms with E-state index in [0.29, 0.717) is 18.0 Å². The number of nitrogens with two attached hydrogens (primary N) is 1. The summed E-state index contributed by atoms with van der Waals surface area (Å²) in [5, 5.41) is 0. The van der Waals surface area contributed by atoms with Gasteiger partial charge in [-0.2, -0.15) is 0 Å². The van der Waals surface area contributed by atoms with Gasteiger partial charge in [0.1, 0.15) is 0 Å². The van der Waals surface area contributed by atoms with Crippen LogP contribution in [-0.4, -0.2) is 23.5 Å². The summed E-state index contributed by atoms with van der Waals surface area (Å²) in [5.41, 5.74) is 7.76. The van der Waals surface area contributed by atoms with E-state index >= 15 is 0 Å². The van der Waals surface area contributed by atoms with Crippen molar-refractivity contribution in [2.45, 2.75) is 65.6 Å². The minimum Gasteiger partial charge on any atom is -0.323 e. The fourth-order valence-electron chi connectivity index (χ4n) is 2.99. The molecule has 2 unspecified atom stereocenters. The summed E-state index contributed by atoms with van der Waals surface area (Å²) in [6.45, 7) is 12.5. The topological polar surface area (TPSA) is 29.3 Å². The van der Waals surface area contributed by atoms with Crippen molar-refractivity contribution < 1.29 is 0 Å². The van der Waals surface area contributed by atoms with Crippen molar-refractivity contribution in [2.75, 3.05) is 6.54 Å². The van der Waals surface area contributed by atoms with Gasteiger partial charge in [0, 0.05) is 24.7 Å². The normalized spacial score (nSPS) is 15.1. The maximum Gasteiger partial charge on any atom is 0.0450 e. The van der Waals surface area contributed by atoms with Crippen LogP contribution in [0.25, 0.3) is 0 Å². The average molecular weight is 276 g/mol. The van der Waals surface area contributed by atoms with Crippen LogP contribution in [0.4, 0.5) is 0 Å². The number of nitrogens with zero attached hydrogens (tertiary/aromatic N) is 1. The zero-order chi connectivity index (χ0) is 15.1. The highest BCUT2D eigenvalue weighted by atomic mass is 15.2. The largest absolute Gasteiger partial charge is 0.323 e. The molecule has 2 nitrogen and oxygen atoms in total. The molecular formula is C18H32N2. The van der Waals surface area contributed by atoms with Crippen molar-refractivity contribution in [3.05, 3.63) is 35.9 Å². The summed E-state index contributed by atoms with van der Waals surface area (Å²) in [4.78, 5) is 2.61. The lowest BCUT2D eigenvalue weighted by atomic mass is 9.96. The smallest absolute Gasteiger partial charge is 0.0450 e. The molecule has 0 saturated carbocycles. The van der Waals surface area contributed by atoms with Crippen LogP contribution in [0, 0.1) is 5.92 Å². The first kappa shape index (κ1) is 17.2. The van der Waals surface area contributed by atoms with E-state index in [0.717, 1.165) is 6.54 Å². The Morgan fingerprint density at radius 2 is 1.55 bits per heavy atom. The Labute approximate surface area is 125 Å². The zero-order valence-corrected chi connectivity index (χ0v) is 13.8. The maximum atomic E-state index is 6.52. The quantitative estimate of drug-likeness (QED) is 0.770. The van der Waals surface area contributed by atoms with E-state index in [1.54, 1.807) is 0 Å². The SMILES string of the molecule is CCC(CC)N(CC(C)C)C(C)C(N)c1ccccc1. The first-order valence-electron chi connectivity index (χ1n) is 8.07. The second-order valence-electron chi connectivity index (χ2n) is 6.24. The third-order valence-electron chi connectivity index (χ3n) is 4.21. The van der Waals surface area contributed by atoms with Gasteiger partial charge in [-0.05, 0) is 31.2 Å². The molecule has 20 heavy (non-hydrogen) atoms. The molecule has 0 aliphatic carbocycles. The van der Waals surface area contributed by atoms with Crippen LogP contribution in [0.3, 0.4) is 0 Å². The van der Waals surface area contributed by atoms with Gasteiger partial charge in [0.15, 0.2) is 0 Å². The monoisotopic (exact) mass is 276 g/mol.